The summed E-state index contributed by atoms with van der Waals surface area (Å²) in [6.45, 7) is 3.96. The molecule has 0 amide bonds. The van der Waals surface area contributed by atoms with E-state index in [1.807, 2.05) is 55.5 Å². The van der Waals surface area contributed by atoms with E-state index in [1.165, 1.54) is 11.8 Å². The molecule has 1 aliphatic heterocycles. The molecule has 0 fully saturated rings. The third kappa shape index (κ3) is 2.36. The molecule has 0 bridgehead atoms. The van der Waals surface area contributed by atoms with Crippen LogP contribution in [-0.2, 0) is 15.1 Å². The van der Waals surface area contributed by atoms with E-state index in [9.17, 15) is 4.79 Å². The van der Waals surface area contributed by atoms with Gasteiger partial charge in [0.25, 0.3) is 0 Å². The Bertz CT molecular complexity index is 752. The van der Waals surface area contributed by atoms with Crippen LogP contribution in [0.25, 0.3) is 0 Å². The van der Waals surface area contributed by atoms with Crippen LogP contribution in [0.1, 0.15) is 25.0 Å². The highest BCUT2D eigenvalue weighted by Gasteiger charge is 2.60. The molecule has 0 aliphatic carbocycles. The van der Waals surface area contributed by atoms with Crippen LogP contribution in [-0.4, -0.2) is 17.3 Å². The Morgan fingerprint density at radius 3 is 2.61 bits per heavy atom. The molecule has 3 rings (SSSR count). The molecule has 5 heteroatoms. The number of thioether (sulfide) groups is 1. The summed E-state index contributed by atoms with van der Waals surface area (Å²) in [7, 11) is 0. The van der Waals surface area contributed by atoms with Crippen LogP contribution in [0.15, 0.2) is 53.4 Å². The van der Waals surface area contributed by atoms with Crippen LogP contribution < -0.4 is 5.73 Å². The fraction of sp³-hybridized carbons (Fsp3) is 0.278. The van der Waals surface area contributed by atoms with Gasteiger partial charge in [0.05, 0.1) is 12.1 Å². The molecule has 2 atom stereocenters. The van der Waals surface area contributed by atoms with Crippen LogP contribution in [0.3, 0.4) is 0 Å². The lowest BCUT2D eigenvalue weighted by molar-refractivity contribution is -0.147. The number of carbonyl (C=O) groups excluding carboxylic acids is 1. The Hall–Kier alpha value is -1.49. The first-order valence-electron chi connectivity index (χ1n) is 7.44. The lowest BCUT2D eigenvalue weighted by Gasteiger charge is -2.38. The van der Waals surface area contributed by atoms with E-state index in [-0.39, 0.29) is 5.97 Å². The maximum atomic E-state index is 12.8. The number of carbonyl (C=O) groups is 1. The molecular formula is C18H18ClNO2S. The number of ether oxygens (including phenoxy) is 1. The molecule has 2 N–H and O–H groups in total. The van der Waals surface area contributed by atoms with Gasteiger partial charge >= 0.3 is 5.97 Å². The lowest BCUT2D eigenvalue weighted by Crippen LogP contribution is -2.57. The number of benzene rings is 2. The second-order valence-electron chi connectivity index (χ2n) is 5.67. The van der Waals surface area contributed by atoms with Gasteiger partial charge in [0, 0.05) is 9.92 Å². The number of hydrogen-bond acceptors (Lipinski definition) is 4. The lowest BCUT2D eigenvalue weighted by atomic mass is 9.74. The zero-order valence-corrected chi connectivity index (χ0v) is 14.6. The molecule has 120 valence electrons. The standard InChI is InChI=1S/C18H18ClNO2S/c1-3-22-16(21)17(2)18(20,12-7-5-4-6-8-12)14-11-13(19)9-10-15(14)23-17/h4-11H,3,20H2,1-2H3. The van der Waals surface area contributed by atoms with E-state index >= 15 is 0 Å². The molecule has 0 saturated carbocycles. The second-order valence-corrected chi connectivity index (χ2v) is 7.57. The maximum absolute atomic E-state index is 12.8. The summed E-state index contributed by atoms with van der Waals surface area (Å²) >= 11 is 7.63. The predicted molar refractivity (Wildman–Crippen MR) is 93.8 cm³/mol. The average Bonchev–Trinajstić information content (AvgIpc) is 2.79. The highest BCUT2D eigenvalue weighted by molar-refractivity contribution is 8.01. The van der Waals surface area contributed by atoms with Crippen molar-refractivity contribution in [3.05, 3.63) is 64.7 Å². The molecule has 23 heavy (non-hydrogen) atoms. The van der Waals surface area contributed by atoms with Crippen molar-refractivity contribution in [2.75, 3.05) is 6.61 Å². The van der Waals surface area contributed by atoms with Crippen molar-refractivity contribution in [3.63, 3.8) is 0 Å². The van der Waals surface area contributed by atoms with Crippen LogP contribution in [0.2, 0.25) is 5.02 Å². The normalized spacial score (nSPS) is 25.9. The van der Waals surface area contributed by atoms with Crippen molar-refractivity contribution in [3.8, 4) is 0 Å². The molecule has 1 heterocycles. The number of nitrogens with two attached hydrogens (primary N) is 1. The van der Waals surface area contributed by atoms with Gasteiger partial charge in [-0.3, -0.25) is 4.79 Å². The minimum Gasteiger partial charge on any atom is -0.465 e. The van der Waals surface area contributed by atoms with E-state index in [4.69, 9.17) is 22.1 Å². The number of rotatable bonds is 3. The average molecular weight is 348 g/mol. The van der Waals surface area contributed by atoms with Crippen molar-refractivity contribution in [2.45, 2.75) is 29.0 Å². The van der Waals surface area contributed by atoms with Crippen molar-refractivity contribution < 1.29 is 9.53 Å². The van der Waals surface area contributed by atoms with E-state index in [2.05, 4.69) is 0 Å². The van der Waals surface area contributed by atoms with Crippen molar-refractivity contribution >= 4 is 29.3 Å². The minimum absolute atomic E-state index is 0.316. The summed E-state index contributed by atoms with van der Waals surface area (Å²) in [5.41, 5.74) is 7.60. The quantitative estimate of drug-likeness (QED) is 0.853. The van der Waals surface area contributed by atoms with Crippen LogP contribution in [0, 0.1) is 0 Å². The molecule has 2 aromatic carbocycles. The summed E-state index contributed by atoms with van der Waals surface area (Å²) in [6, 6.07) is 15.2. The van der Waals surface area contributed by atoms with E-state index < -0.39 is 10.3 Å². The molecule has 0 spiro atoms. The number of esters is 1. The van der Waals surface area contributed by atoms with Gasteiger partial charge in [0.2, 0.25) is 0 Å². The fourth-order valence-corrected chi connectivity index (χ4v) is 4.67. The zero-order chi connectivity index (χ0) is 16.7. The SMILES string of the molecule is CCOC(=O)C1(C)Sc2ccc(Cl)cc2C1(N)c1ccccc1. The van der Waals surface area contributed by atoms with E-state index in [0.717, 1.165) is 16.0 Å². The Kier molecular flexibility index (Phi) is 4.17. The van der Waals surface area contributed by atoms with Gasteiger partial charge in [0.15, 0.2) is 0 Å². The topological polar surface area (TPSA) is 52.3 Å². The van der Waals surface area contributed by atoms with E-state index in [1.54, 1.807) is 6.92 Å². The molecule has 0 saturated heterocycles. The smallest absolute Gasteiger partial charge is 0.324 e. The largest absolute Gasteiger partial charge is 0.465 e. The minimum atomic E-state index is -1.01. The van der Waals surface area contributed by atoms with Gasteiger partial charge < -0.3 is 10.5 Å². The predicted octanol–water partition coefficient (Wildman–Crippen LogP) is 3.97. The summed E-state index contributed by atoms with van der Waals surface area (Å²) in [5.74, 6) is -0.316. The van der Waals surface area contributed by atoms with Crippen LogP contribution in [0.5, 0.6) is 0 Å². The summed E-state index contributed by atoms with van der Waals surface area (Å²) in [5, 5.41) is 0.600. The highest BCUT2D eigenvalue weighted by atomic mass is 35.5. The molecule has 2 aromatic rings. The van der Waals surface area contributed by atoms with Gasteiger partial charge in [-0.25, -0.2) is 0 Å². The van der Waals surface area contributed by atoms with E-state index in [0.29, 0.717) is 11.6 Å². The van der Waals surface area contributed by atoms with Gasteiger partial charge in [-0.2, -0.15) is 0 Å². The summed E-state index contributed by atoms with van der Waals surface area (Å²) in [4.78, 5) is 13.7. The number of halogens is 1. The molecular weight excluding hydrogens is 330 g/mol. The molecule has 2 unspecified atom stereocenters. The monoisotopic (exact) mass is 347 g/mol. The molecule has 3 nitrogen and oxygen atoms in total. The van der Waals surface area contributed by atoms with Crippen LogP contribution in [0.4, 0.5) is 0 Å². The van der Waals surface area contributed by atoms with Crippen molar-refractivity contribution in [1.29, 1.82) is 0 Å². The third-order valence-electron chi connectivity index (χ3n) is 4.33. The van der Waals surface area contributed by atoms with Gasteiger partial charge in [-0.15, -0.1) is 11.8 Å². The first-order valence-corrected chi connectivity index (χ1v) is 8.63. The third-order valence-corrected chi connectivity index (χ3v) is 6.04. The Balaban J connectivity index is 2.25. The molecule has 1 aliphatic rings. The highest BCUT2D eigenvalue weighted by Crippen LogP contribution is 2.57. The maximum Gasteiger partial charge on any atom is 0.324 e. The first-order chi connectivity index (χ1) is 10.9. The first kappa shape index (κ1) is 16.4. The molecule has 0 radical (unpaired) electrons. The van der Waals surface area contributed by atoms with Crippen molar-refractivity contribution in [2.24, 2.45) is 5.73 Å². The van der Waals surface area contributed by atoms with Gasteiger partial charge in [0.1, 0.15) is 4.75 Å². The Labute approximate surface area is 145 Å². The Morgan fingerprint density at radius 1 is 1.26 bits per heavy atom. The number of fused-ring (bicyclic) bond motifs is 1. The second kappa shape index (κ2) is 5.86. The number of hydrogen-bond donors (Lipinski definition) is 1. The van der Waals surface area contributed by atoms with Crippen molar-refractivity contribution in [1.82, 2.24) is 0 Å². The van der Waals surface area contributed by atoms with Gasteiger partial charge in [-0.1, -0.05) is 41.9 Å². The zero-order valence-electron chi connectivity index (χ0n) is 13.0. The van der Waals surface area contributed by atoms with Crippen LogP contribution >= 0.6 is 23.4 Å². The summed E-state index contributed by atoms with van der Waals surface area (Å²) < 4.78 is 4.37. The van der Waals surface area contributed by atoms with Gasteiger partial charge in [-0.05, 0) is 43.2 Å². The fourth-order valence-electron chi connectivity index (χ4n) is 3.06. The summed E-state index contributed by atoms with van der Waals surface area (Å²) in [6.07, 6.45) is 0. The Morgan fingerprint density at radius 2 is 1.96 bits per heavy atom. The molecule has 0 aromatic heterocycles.